The SMILES string of the molecule is CC/C=C\C/C=C\C/C=C\C/C=C\C/C=C\CC(=O)OC1C(OCC(COC(=O)CC/C=C\C/C=C\C/C=C\C/C=C\CC)OC(=O)CCCCCCC/C=C\CCCCCC)OC(C(=O)O)C(O)C1O. The van der Waals surface area contributed by atoms with Crippen molar-refractivity contribution in [1.82, 2.24) is 0 Å². The summed E-state index contributed by atoms with van der Waals surface area (Å²) in [6.45, 7) is 5.59. The lowest BCUT2D eigenvalue weighted by molar-refractivity contribution is -0.301. The Balaban J connectivity index is 2.84. The van der Waals surface area contributed by atoms with Crippen LogP contribution in [0.3, 0.4) is 0 Å². The van der Waals surface area contributed by atoms with Gasteiger partial charge in [-0.1, -0.05) is 181 Å². The maximum atomic E-state index is 13.1. The van der Waals surface area contributed by atoms with Gasteiger partial charge in [0.25, 0.3) is 0 Å². The van der Waals surface area contributed by atoms with Gasteiger partial charge in [0.05, 0.1) is 13.0 Å². The van der Waals surface area contributed by atoms with Crippen LogP contribution in [-0.4, -0.2) is 89.2 Å². The van der Waals surface area contributed by atoms with Gasteiger partial charge in [0, 0.05) is 12.8 Å². The molecule has 1 fully saturated rings. The van der Waals surface area contributed by atoms with Crippen molar-refractivity contribution in [2.45, 2.75) is 212 Å². The Morgan fingerprint density at radius 2 is 0.958 bits per heavy atom. The second-order valence-corrected chi connectivity index (χ2v) is 17.4. The molecule has 71 heavy (non-hydrogen) atoms. The molecule has 0 amide bonds. The molecular formula is C59H90O12. The van der Waals surface area contributed by atoms with Crippen LogP contribution in [0.25, 0.3) is 0 Å². The van der Waals surface area contributed by atoms with Crippen molar-refractivity contribution in [3.63, 3.8) is 0 Å². The summed E-state index contributed by atoms with van der Waals surface area (Å²) in [5, 5.41) is 31.3. The molecule has 12 nitrogen and oxygen atoms in total. The van der Waals surface area contributed by atoms with Crippen molar-refractivity contribution in [2.75, 3.05) is 13.2 Å². The number of ether oxygens (including phenoxy) is 5. The molecule has 0 aromatic heterocycles. The van der Waals surface area contributed by atoms with Gasteiger partial charge < -0.3 is 39.0 Å². The van der Waals surface area contributed by atoms with Crippen molar-refractivity contribution >= 4 is 23.9 Å². The Hall–Kier alpha value is -4.88. The van der Waals surface area contributed by atoms with Crippen LogP contribution in [0.15, 0.2) is 122 Å². The van der Waals surface area contributed by atoms with Crippen molar-refractivity contribution < 1.29 is 58.2 Å². The van der Waals surface area contributed by atoms with E-state index in [0.717, 1.165) is 89.9 Å². The number of aliphatic hydroxyl groups excluding tert-OH is 2. The van der Waals surface area contributed by atoms with Gasteiger partial charge in [0.2, 0.25) is 0 Å². The predicted octanol–water partition coefficient (Wildman–Crippen LogP) is 12.9. The number of unbranched alkanes of at least 4 members (excludes halogenated alkanes) is 9. The Kier molecular flexibility index (Phi) is 41.7. The van der Waals surface area contributed by atoms with Gasteiger partial charge in [0.15, 0.2) is 24.6 Å². The van der Waals surface area contributed by atoms with Crippen LogP contribution in [0, 0.1) is 0 Å². The molecule has 1 aliphatic rings. The van der Waals surface area contributed by atoms with E-state index >= 15 is 0 Å². The minimum atomic E-state index is -1.95. The molecule has 1 heterocycles. The fourth-order valence-electron chi connectivity index (χ4n) is 7.04. The topological polar surface area (TPSA) is 175 Å². The fraction of sp³-hybridized carbons (Fsp3) is 0.593. The van der Waals surface area contributed by atoms with Crippen LogP contribution in [0.4, 0.5) is 0 Å². The Morgan fingerprint density at radius 3 is 1.48 bits per heavy atom. The number of aliphatic carboxylic acids is 1. The van der Waals surface area contributed by atoms with Crippen LogP contribution in [0.1, 0.15) is 175 Å². The molecule has 398 valence electrons. The maximum absolute atomic E-state index is 13.1. The van der Waals surface area contributed by atoms with E-state index in [9.17, 15) is 34.5 Å². The van der Waals surface area contributed by atoms with Crippen molar-refractivity contribution in [2.24, 2.45) is 0 Å². The first kappa shape index (κ1) is 64.1. The van der Waals surface area contributed by atoms with E-state index in [2.05, 4.69) is 106 Å². The lowest BCUT2D eigenvalue weighted by Crippen LogP contribution is -2.61. The standard InChI is InChI=1S/C59H90O12/c1-4-7-10-13-16-19-22-25-26-29-32-35-38-41-44-47-53(62)70-57-55(64)54(63)56(58(65)66)71-59(57)68-49-50(69-52(61)46-43-40-37-34-31-28-24-21-18-15-12-9-6-3)48-67-51(60)45-42-39-36-33-30-27-23-20-17-14-11-8-5-2/h7-8,10-11,16-17,19-21,24-27,30,32,35-36,39,41,44,50,54-57,59,63-64H,4-6,9,12-15,18,22-23,28-29,31,33-34,37-38,40,42-43,45-49H2,1-3H3,(H,65,66)/b10-7-,11-8-,19-16-,20-17-,24-21-,26-25-,30-27-,35-32-,39-36-,44-41-. The third kappa shape index (κ3) is 36.7. The van der Waals surface area contributed by atoms with Gasteiger partial charge in [-0.05, 0) is 96.3 Å². The molecule has 1 aliphatic heterocycles. The molecular weight excluding hydrogens is 901 g/mol. The van der Waals surface area contributed by atoms with Gasteiger partial charge in [0.1, 0.15) is 18.8 Å². The maximum Gasteiger partial charge on any atom is 0.335 e. The highest BCUT2D eigenvalue weighted by Gasteiger charge is 2.50. The van der Waals surface area contributed by atoms with E-state index in [-0.39, 0.29) is 25.9 Å². The molecule has 0 saturated carbocycles. The molecule has 12 heteroatoms. The summed E-state index contributed by atoms with van der Waals surface area (Å²) in [6.07, 6.45) is 50.8. The summed E-state index contributed by atoms with van der Waals surface area (Å²) in [7, 11) is 0. The number of allylic oxidation sites excluding steroid dienone is 19. The van der Waals surface area contributed by atoms with Crippen LogP contribution in [-0.2, 0) is 42.9 Å². The lowest BCUT2D eigenvalue weighted by Gasteiger charge is -2.40. The van der Waals surface area contributed by atoms with Gasteiger partial charge in [-0.3, -0.25) is 14.4 Å². The van der Waals surface area contributed by atoms with Crippen molar-refractivity contribution in [3.05, 3.63) is 122 Å². The van der Waals surface area contributed by atoms with Crippen molar-refractivity contribution in [3.8, 4) is 0 Å². The van der Waals surface area contributed by atoms with E-state index in [4.69, 9.17) is 23.7 Å². The molecule has 6 atom stereocenters. The Labute approximate surface area is 427 Å². The summed E-state index contributed by atoms with van der Waals surface area (Å²) in [4.78, 5) is 50.8. The minimum Gasteiger partial charge on any atom is -0.479 e. The second kappa shape index (κ2) is 46.2. The Morgan fingerprint density at radius 1 is 0.493 bits per heavy atom. The molecule has 6 unspecified atom stereocenters. The lowest BCUT2D eigenvalue weighted by atomic mass is 9.98. The fourth-order valence-corrected chi connectivity index (χ4v) is 7.04. The predicted molar refractivity (Wildman–Crippen MR) is 284 cm³/mol. The Bertz CT molecular complexity index is 1700. The third-order valence-corrected chi connectivity index (χ3v) is 11.1. The van der Waals surface area contributed by atoms with E-state index in [1.807, 2.05) is 24.3 Å². The number of rotatable bonds is 42. The zero-order valence-electron chi connectivity index (χ0n) is 43.4. The monoisotopic (exact) mass is 991 g/mol. The molecule has 1 saturated heterocycles. The number of carboxylic acid groups (broad SMARTS) is 1. The minimum absolute atomic E-state index is 0.0799. The molecule has 3 N–H and O–H groups in total. The van der Waals surface area contributed by atoms with Gasteiger partial charge in [-0.2, -0.15) is 0 Å². The zero-order chi connectivity index (χ0) is 51.8. The van der Waals surface area contributed by atoms with Crippen LogP contribution in [0.5, 0.6) is 0 Å². The molecule has 1 rings (SSSR count). The number of aliphatic hydroxyl groups is 2. The zero-order valence-corrected chi connectivity index (χ0v) is 43.4. The van der Waals surface area contributed by atoms with Crippen molar-refractivity contribution in [1.29, 1.82) is 0 Å². The van der Waals surface area contributed by atoms with E-state index in [1.165, 1.54) is 25.7 Å². The van der Waals surface area contributed by atoms with E-state index in [1.54, 1.807) is 12.2 Å². The molecule has 0 aliphatic carbocycles. The molecule has 0 aromatic carbocycles. The highest BCUT2D eigenvalue weighted by atomic mass is 16.7. The van der Waals surface area contributed by atoms with Crippen LogP contribution < -0.4 is 0 Å². The number of carboxylic acids is 1. The molecule has 0 radical (unpaired) electrons. The van der Waals surface area contributed by atoms with E-state index in [0.29, 0.717) is 19.3 Å². The van der Waals surface area contributed by atoms with E-state index < -0.39 is 67.3 Å². The first-order valence-corrected chi connectivity index (χ1v) is 26.5. The van der Waals surface area contributed by atoms with Gasteiger partial charge in [-0.25, -0.2) is 4.79 Å². The number of carbonyl (C=O) groups excluding carboxylic acids is 3. The summed E-state index contributed by atoms with van der Waals surface area (Å²) in [5.41, 5.74) is 0. The largest absolute Gasteiger partial charge is 0.479 e. The summed E-state index contributed by atoms with van der Waals surface area (Å²) < 4.78 is 28.1. The molecule has 0 spiro atoms. The summed E-state index contributed by atoms with van der Waals surface area (Å²) >= 11 is 0. The van der Waals surface area contributed by atoms with Crippen LogP contribution in [0.2, 0.25) is 0 Å². The summed E-state index contributed by atoms with van der Waals surface area (Å²) in [6, 6.07) is 0. The molecule has 0 aromatic rings. The first-order valence-electron chi connectivity index (χ1n) is 26.5. The normalized spacial score (nSPS) is 19.5. The molecule has 0 bridgehead atoms. The first-order chi connectivity index (χ1) is 34.6. The summed E-state index contributed by atoms with van der Waals surface area (Å²) in [5.74, 6) is -3.43. The quantitative estimate of drug-likeness (QED) is 0.0229. The number of hydrogen-bond donors (Lipinski definition) is 3. The highest BCUT2D eigenvalue weighted by Crippen LogP contribution is 2.26. The van der Waals surface area contributed by atoms with Crippen LogP contribution >= 0.6 is 0 Å². The average molecular weight is 991 g/mol. The number of esters is 3. The smallest absolute Gasteiger partial charge is 0.335 e. The number of hydrogen-bond acceptors (Lipinski definition) is 11. The number of carbonyl (C=O) groups is 4. The third-order valence-electron chi connectivity index (χ3n) is 11.1. The van der Waals surface area contributed by atoms with Gasteiger partial charge in [-0.15, -0.1) is 0 Å². The average Bonchev–Trinajstić information content (AvgIpc) is 3.35. The highest BCUT2D eigenvalue weighted by molar-refractivity contribution is 5.74. The van der Waals surface area contributed by atoms with Gasteiger partial charge >= 0.3 is 23.9 Å². The second-order valence-electron chi connectivity index (χ2n) is 17.4.